The highest BCUT2D eigenvalue weighted by molar-refractivity contribution is 5.81. The molecule has 0 bridgehead atoms. The number of methoxy groups -OCH3 is 1. The molecule has 0 unspecified atom stereocenters. The first-order valence-electron chi connectivity index (χ1n) is 8.50. The maximum absolute atomic E-state index is 11.9. The summed E-state index contributed by atoms with van der Waals surface area (Å²) in [5.41, 5.74) is 0.480. The van der Waals surface area contributed by atoms with Gasteiger partial charge in [0.2, 0.25) is 5.91 Å². The Bertz CT molecular complexity index is 826. The molecule has 2 aromatic rings. The number of carbonyl (C=O) groups excluding carboxylic acids is 2. The summed E-state index contributed by atoms with van der Waals surface area (Å²) in [6.07, 6.45) is 2.63. The van der Waals surface area contributed by atoms with Crippen LogP contribution in [0.15, 0.2) is 33.5 Å². The molecule has 140 valence electrons. The predicted molar refractivity (Wildman–Crippen MR) is 96.0 cm³/mol. The number of hydrogen-bond donors (Lipinski definition) is 1. The van der Waals surface area contributed by atoms with E-state index < -0.39 is 5.63 Å². The molecule has 0 fully saturated rings. The zero-order valence-electron chi connectivity index (χ0n) is 15.0. The van der Waals surface area contributed by atoms with Gasteiger partial charge in [-0.15, -0.1) is 0 Å². The monoisotopic (exact) mass is 361 g/mol. The standard InChI is InChI=1S/C19H23NO6/c1-13(21)20-9-5-3-4-6-18(22)25-12-14-10-19(23)26-17-11-15(24-2)7-8-16(14)17/h7-8,10-11H,3-6,9,12H2,1-2H3,(H,20,21). The average Bonchev–Trinajstić information content (AvgIpc) is 2.61. The lowest BCUT2D eigenvalue weighted by Gasteiger charge is -2.08. The molecule has 0 saturated heterocycles. The Morgan fingerprint density at radius 3 is 2.69 bits per heavy atom. The molecular weight excluding hydrogens is 338 g/mol. The number of carbonyl (C=O) groups is 2. The lowest BCUT2D eigenvalue weighted by Crippen LogP contribution is -2.20. The number of amides is 1. The summed E-state index contributed by atoms with van der Waals surface area (Å²) < 4.78 is 15.6. The zero-order valence-corrected chi connectivity index (χ0v) is 15.0. The van der Waals surface area contributed by atoms with Gasteiger partial charge in [-0.05, 0) is 25.0 Å². The van der Waals surface area contributed by atoms with Crippen molar-refractivity contribution in [2.75, 3.05) is 13.7 Å². The molecule has 1 aromatic carbocycles. The minimum atomic E-state index is -0.505. The zero-order chi connectivity index (χ0) is 18.9. The van der Waals surface area contributed by atoms with Gasteiger partial charge in [0.05, 0.1) is 7.11 Å². The third kappa shape index (κ3) is 5.91. The van der Waals surface area contributed by atoms with Gasteiger partial charge in [0, 0.05) is 43.0 Å². The fraction of sp³-hybridized carbons (Fsp3) is 0.421. The van der Waals surface area contributed by atoms with Crippen LogP contribution in [0.2, 0.25) is 0 Å². The molecule has 7 nitrogen and oxygen atoms in total. The first kappa shape index (κ1) is 19.5. The van der Waals surface area contributed by atoms with Crippen LogP contribution in [0.3, 0.4) is 0 Å². The summed E-state index contributed by atoms with van der Waals surface area (Å²) in [6, 6.07) is 6.47. The molecule has 7 heteroatoms. The molecule has 2 rings (SSSR count). The number of hydrogen-bond acceptors (Lipinski definition) is 6. The van der Waals surface area contributed by atoms with Crippen LogP contribution in [0.1, 0.15) is 38.2 Å². The number of rotatable bonds is 9. The Morgan fingerprint density at radius 2 is 1.96 bits per heavy atom. The van der Waals surface area contributed by atoms with E-state index in [0.717, 1.165) is 12.8 Å². The summed E-state index contributed by atoms with van der Waals surface area (Å²) in [5, 5.41) is 3.41. The lowest BCUT2D eigenvalue weighted by atomic mass is 10.1. The quantitative estimate of drug-likeness (QED) is 0.419. The number of fused-ring (bicyclic) bond motifs is 1. The van der Waals surface area contributed by atoms with Crippen molar-refractivity contribution >= 4 is 22.8 Å². The van der Waals surface area contributed by atoms with Crippen LogP contribution in [0.4, 0.5) is 0 Å². The smallest absolute Gasteiger partial charge is 0.336 e. The van der Waals surface area contributed by atoms with Crippen molar-refractivity contribution in [3.8, 4) is 5.75 Å². The SMILES string of the molecule is COc1ccc2c(COC(=O)CCCCCNC(C)=O)cc(=O)oc2c1. The predicted octanol–water partition coefficient (Wildman–Crippen LogP) is 2.54. The third-order valence-electron chi connectivity index (χ3n) is 3.86. The van der Waals surface area contributed by atoms with E-state index in [2.05, 4.69) is 5.32 Å². The van der Waals surface area contributed by atoms with E-state index >= 15 is 0 Å². The molecule has 0 aliphatic carbocycles. The van der Waals surface area contributed by atoms with Crippen molar-refractivity contribution < 1.29 is 23.5 Å². The average molecular weight is 361 g/mol. The topological polar surface area (TPSA) is 94.8 Å². The molecule has 26 heavy (non-hydrogen) atoms. The molecule has 1 heterocycles. The summed E-state index contributed by atoms with van der Waals surface area (Å²) >= 11 is 0. The Morgan fingerprint density at radius 1 is 1.15 bits per heavy atom. The largest absolute Gasteiger partial charge is 0.497 e. The van der Waals surface area contributed by atoms with Crippen molar-refractivity contribution in [1.82, 2.24) is 5.32 Å². The van der Waals surface area contributed by atoms with E-state index in [4.69, 9.17) is 13.9 Å². The maximum Gasteiger partial charge on any atom is 0.336 e. The molecule has 1 aromatic heterocycles. The van der Waals surface area contributed by atoms with E-state index in [1.807, 2.05) is 0 Å². The van der Waals surface area contributed by atoms with Crippen LogP contribution in [0.25, 0.3) is 11.0 Å². The van der Waals surface area contributed by atoms with Crippen LogP contribution in [-0.2, 0) is 20.9 Å². The van der Waals surface area contributed by atoms with Gasteiger partial charge in [-0.25, -0.2) is 4.79 Å². The fourth-order valence-electron chi connectivity index (χ4n) is 2.52. The minimum absolute atomic E-state index is 0.0130. The molecular formula is C19H23NO6. The summed E-state index contributed by atoms with van der Waals surface area (Å²) in [5.74, 6) is 0.204. The summed E-state index contributed by atoms with van der Waals surface area (Å²) in [4.78, 5) is 34.3. The summed E-state index contributed by atoms with van der Waals surface area (Å²) in [6.45, 7) is 2.10. The van der Waals surface area contributed by atoms with Crippen molar-refractivity contribution in [2.45, 2.75) is 39.2 Å². The van der Waals surface area contributed by atoms with Crippen LogP contribution < -0.4 is 15.7 Å². The van der Waals surface area contributed by atoms with Gasteiger partial charge < -0.3 is 19.2 Å². The minimum Gasteiger partial charge on any atom is -0.497 e. The van der Waals surface area contributed by atoms with E-state index in [1.54, 1.807) is 18.2 Å². The van der Waals surface area contributed by atoms with Crippen LogP contribution in [-0.4, -0.2) is 25.5 Å². The van der Waals surface area contributed by atoms with Gasteiger partial charge in [0.15, 0.2) is 0 Å². The first-order valence-corrected chi connectivity index (χ1v) is 8.50. The summed E-state index contributed by atoms with van der Waals surface area (Å²) in [7, 11) is 1.53. The van der Waals surface area contributed by atoms with Crippen LogP contribution in [0.5, 0.6) is 5.75 Å². The van der Waals surface area contributed by atoms with Gasteiger partial charge >= 0.3 is 11.6 Å². The van der Waals surface area contributed by atoms with Gasteiger partial charge in [0.25, 0.3) is 0 Å². The van der Waals surface area contributed by atoms with Crippen molar-refractivity contribution in [3.63, 3.8) is 0 Å². The number of benzene rings is 1. The van der Waals surface area contributed by atoms with Gasteiger partial charge in [-0.2, -0.15) is 0 Å². The van der Waals surface area contributed by atoms with Crippen LogP contribution >= 0.6 is 0 Å². The highest BCUT2D eigenvalue weighted by Crippen LogP contribution is 2.23. The Labute approximate surface area is 151 Å². The van der Waals surface area contributed by atoms with Crippen molar-refractivity contribution in [2.24, 2.45) is 0 Å². The normalized spacial score (nSPS) is 10.5. The van der Waals surface area contributed by atoms with Gasteiger partial charge in [0.1, 0.15) is 17.9 Å². The van der Waals surface area contributed by atoms with Crippen molar-refractivity contribution in [3.05, 3.63) is 40.2 Å². The lowest BCUT2D eigenvalue weighted by molar-refractivity contribution is -0.145. The highest BCUT2D eigenvalue weighted by atomic mass is 16.5. The number of esters is 1. The second kappa shape index (κ2) is 9.60. The third-order valence-corrected chi connectivity index (χ3v) is 3.86. The van der Waals surface area contributed by atoms with E-state index in [-0.39, 0.29) is 18.5 Å². The first-order chi connectivity index (χ1) is 12.5. The van der Waals surface area contributed by atoms with Gasteiger partial charge in [-0.1, -0.05) is 6.42 Å². The van der Waals surface area contributed by atoms with E-state index in [0.29, 0.717) is 41.7 Å². The molecule has 0 aliphatic heterocycles. The number of unbranched alkanes of at least 4 members (excludes halogenated alkanes) is 2. The molecule has 0 saturated carbocycles. The van der Waals surface area contributed by atoms with Crippen molar-refractivity contribution in [1.29, 1.82) is 0 Å². The number of ether oxygens (including phenoxy) is 2. The molecule has 1 amide bonds. The highest BCUT2D eigenvalue weighted by Gasteiger charge is 2.10. The Hall–Kier alpha value is -2.83. The number of nitrogens with one attached hydrogen (secondary N) is 1. The molecule has 0 atom stereocenters. The second-order valence-electron chi connectivity index (χ2n) is 5.91. The van der Waals surface area contributed by atoms with E-state index in [1.165, 1.54) is 20.1 Å². The molecule has 0 radical (unpaired) electrons. The molecule has 0 aliphatic rings. The van der Waals surface area contributed by atoms with Gasteiger partial charge in [-0.3, -0.25) is 9.59 Å². The molecule has 0 spiro atoms. The Kier molecular flexibility index (Phi) is 7.20. The maximum atomic E-state index is 11.9. The Balaban J connectivity index is 1.86. The van der Waals surface area contributed by atoms with Crippen LogP contribution in [0, 0.1) is 0 Å². The second-order valence-corrected chi connectivity index (χ2v) is 5.91. The molecule has 1 N–H and O–H groups in total. The van der Waals surface area contributed by atoms with E-state index in [9.17, 15) is 14.4 Å². The fourth-order valence-corrected chi connectivity index (χ4v) is 2.52.